The smallest absolute Gasteiger partial charge is 0.306 e. The first kappa shape index (κ1) is 18.4. The number of aliphatic carboxylic acids is 1. The number of carboxylic acid groups (broad SMARTS) is 1. The van der Waals surface area contributed by atoms with E-state index in [1.165, 1.54) is 22.2 Å². The van der Waals surface area contributed by atoms with Crippen LogP contribution in [0.5, 0.6) is 5.75 Å². The summed E-state index contributed by atoms with van der Waals surface area (Å²) in [5, 5.41) is 19.9. The number of fused-ring (bicyclic) bond motifs is 1. The van der Waals surface area contributed by atoms with Gasteiger partial charge in [0.05, 0.1) is 16.3 Å². The molecule has 0 spiro atoms. The first-order valence-electron chi connectivity index (χ1n) is 9.01. The van der Waals surface area contributed by atoms with Gasteiger partial charge in [-0.2, -0.15) is 0 Å². The third kappa shape index (κ3) is 2.99. The number of anilines is 1. The van der Waals surface area contributed by atoms with Crippen molar-refractivity contribution in [2.24, 2.45) is 5.92 Å². The van der Waals surface area contributed by atoms with E-state index in [4.69, 9.17) is 0 Å². The number of piperidine rings is 1. The lowest BCUT2D eigenvalue weighted by molar-refractivity contribution is -0.142. The molecule has 1 aromatic heterocycles. The fourth-order valence-corrected chi connectivity index (χ4v) is 5.25. The van der Waals surface area contributed by atoms with Crippen LogP contribution in [0, 0.1) is 5.92 Å². The number of nitrogens with zero attached hydrogens (tertiary/aromatic N) is 2. The molecule has 1 aliphatic rings. The molecule has 2 N–H and O–H groups in total. The summed E-state index contributed by atoms with van der Waals surface area (Å²) in [6.07, 6.45) is 0.877. The predicted octanol–water partition coefficient (Wildman–Crippen LogP) is 2.88. The van der Waals surface area contributed by atoms with Crippen LogP contribution in [0.25, 0.3) is 10.9 Å². The lowest BCUT2D eigenvalue weighted by atomic mass is 9.97. The predicted molar refractivity (Wildman–Crippen MR) is 105 cm³/mol. The maximum Gasteiger partial charge on any atom is 0.306 e. The van der Waals surface area contributed by atoms with Gasteiger partial charge in [0.25, 0.3) is 10.0 Å². The van der Waals surface area contributed by atoms with Crippen LogP contribution < -0.4 is 4.90 Å². The maximum atomic E-state index is 13.4. The highest BCUT2D eigenvalue weighted by Crippen LogP contribution is 2.36. The number of rotatable bonds is 4. The van der Waals surface area contributed by atoms with E-state index in [1.807, 2.05) is 4.90 Å². The Hall–Kier alpha value is -3.00. The summed E-state index contributed by atoms with van der Waals surface area (Å²) in [6.45, 7) is 0.858. The van der Waals surface area contributed by atoms with Gasteiger partial charge in [-0.05, 0) is 43.2 Å². The van der Waals surface area contributed by atoms with Crippen molar-refractivity contribution in [3.8, 4) is 5.75 Å². The standard InChI is InChI=1S/C20H20N2O5S/c23-18-8-4-7-17-16(18)13-19(21-11-9-14(10-12-21)20(24)25)22(17)28(26,27)15-5-2-1-3-6-15/h1-8,13-14,23H,9-12H2,(H,24,25). The molecule has 0 radical (unpaired) electrons. The Bertz CT molecular complexity index is 1130. The molecular weight excluding hydrogens is 380 g/mol. The zero-order valence-corrected chi connectivity index (χ0v) is 15.8. The second-order valence-corrected chi connectivity index (χ2v) is 8.68. The molecule has 1 aliphatic heterocycles. The molecule has 0 aliphatic carbocycles. The lowest BCUT2D eigenvalue weighted by Crippen LogP contribution is -2.38. The summed E-state index contributed by atoms with van der Waals surface area (Å²) >= 11 is 0. The Balaban J connectivity index is 1.87. The fraction of sp³-hybridized carbons (Fsp3) is 0.250. The summed E-state index contributed by atoms with van der Waals surface area (Å²) in [6, 6.07) is 14.6. The van der Waals surface area contributed by atoms with Gasteiger partial charge in [0.1, 0.15) is 11.6 Å². The average molecular weight is 400 g/mol. The number of carboxylic acids is 1. The molecule has 1 fully saturated rings. The largest absolute Gasteiger partial charge is 0.507 e. The first-order chi connectivity index (χ1) is 13.4. The van der Waals surface area contributed by atoms with Gasteiger partial charge in [-0.3, -0.25) is 4.79 Å². The molecule has 28 heavy (non-hydrogen) atoms. The normalized spacial score (nSPS) is 15.8. The third-order valence-corrected chi connectivity index (χ3v) is 6.94. The third-order valence-electron chi connectivity index (χ3n) is 5.21. The molecule has 0 saturated carbocycles. The minimum absolute atomic E-state index is 0.00110. The second-order valence-electron chi connectivity index (χ2n) is 6.89. The van der Waals surface area contributed by atoms with Gasteiger partial charge in [-0.25, -0.2) is 12.4 Å². The topological polar surface area (TPSA) is 99.8 Å². The van der Waals surface area contributed by atoms with Crippen molar-refractivity contribution in [2.45, 2.75) is 17.7 Å². The second kappa shape index (κ2) is 6.87. The van der Waals surface area contributed by atoms with Crippen LogP contribution in [-0.4, -0.2) is 41.7 Å². The van der Waals surface area contributed by atoms with E-state index >= 15 is 0 Å². The number of carbonyl (C=O) groups is 1. The highest BCUT2D eigenvalue weighted by Gasteiger charge is 2.30. The van der Waals surface area contributed by atoms with E-state index in [2.05, 4.69) is 0 Å². The molecular formula is C20H20N2O5S. The van der Waals surface area contributed by atoms with E-state index < -0.39 is 21.9 Å². The Morgan fingerprint density at radius 3 is 2.32 bits per heavy atom. The van der Waals surface area contributed by atoms with E-state index in [0.717, 1.165) is 0 Å². The quantitative estimate of drug-likeness (QED) is 0.699. The highest BCUT2D eigenvalue weighted by molar-refractivity contribution is 7.90. The van der Waals surface area contributed by atoms with Gasteiger partial charge in [-0.15, -0.1) is 0 Å². The Morgan fingerprint density at radius 1 is 1.00 bits per heavy atom. The molecule has 3 aromatic rings. The van der Waals surface area contributed by atoms with Crippen LogP contribution in [0.15, 0.2) is 59.5 Å². The Morgan fingerprint density at radius 2 is 1.68 bits per heavy atom. The van der Waals surface area contributed by atoms with E-state index in [0.29, 0.717) is 42.7 Å². The molecule has 0 unspecified atom stereocenters. The van der Waals surface area contributed by atoms with Crippen LogP contribution in [0.2, 0.25) is 0 Å². The molecule has 4 rings (SSSR count). The number of phenols is 1. The molecule has 2 aromatic carbocycles. The Kier molecular flexibility index (Phi) is 4.50. The van der Waals surface area contributed by atoms with E-state index in [-0.39, 0.29) is 10.6 Å². The van der Waals surface area contributed by atoms with E-state index in [9.17, 15) is 23.4 Å². The number of aromatic nitrogens is 1. The van der Waals surface area contributed by atoms with Gasteiger partial charge in [0, 0.05) is 18.5 Å². The molecule has 2 heterocycles. The zero-order valence-electron chi connectivity index (χ0n) is 15.0. The van der Waals surface area contributed by atoms with Crippen LogP contribution in [-0.2, 0) is 14.8 Å². The van der Waals surface area contributed by atoms with Crippen molar-refractivity contribution in [3.63, 3.8) is 0 Å². The Labute approximate surface area is 162 Å². The van der Waals surface area contributed by atoms with Gasteiger partial charge in [0.15, 0.2) is 0 Å². The lowest BCUT2D eigenvalue weighted by Gasteiger charge is -2.32. The van der Waals surface area contributed by atoms with Crippen molar-refractivity contribution >= 4 is 32.7 Å². The summed E-state index contributed by atoms with van der Waals surface area (Å²) < 4.78 is 28.1. The molecule has 0 bridgehead atoms. The van der Waals surface area contributed by atoms with Crippen molar-refractivity contribution in [1.82, 2.24) is 3.97 Å². The van der Waals surface area contributed by atoms with Crippen molar-refractivity contribution in [2.75, 3.05) is 18.0 Å². The summed E-state index contributed by atoms with van der Waals surface area (Å²) in [5.74, 6) is -0.812. The highest BCUT2D eigenvalue weighted by atomic mass is 32.2. The van der Waals surface area contributed by atoms with Crippen LogP contribution in [0.4, 0.5) is 5.82 Å². The molecule has 0 atom stereocenters. The number of aromatic hydroxyl groups is 1. The molecule has 7 nitrogen and oxygen atoms in total. The fourth-order valence-electron chi connectivity index (χ4n) is 3.70. The van der Waals surface area contributed by atoms with Crippen LogP contribution >= 0.6 is 0 Å². The SMILES string of the molecule is O=C(O)C1CCN(c2cc3c(O)cccc3n2S(=O)(=O)c2ccccc2)CC1. The average Bonchev–Trinajstić information content (AvgIpc) is 3.10. The minimum Gasteiger partial charge on any atom is -0.507 e. The molecule has 146 valence electrons. The number of phenolic OH excluding ortho intramolecular Hbond substituents is 1. The van der Waals surface area contributed by atoms with Crippen LogP contribution in [0.3, 0.4) is 0 Å². The van der Waals surface area contributed by atoms with Gasteiger partial charge in [-0.1, -0.05) is 24.3 Å². The minimum atomic E-state index is -3.90. The molecule has 8 heteroatoms. The van der Waals surface area contributed by atoms with Crippen molar-refractivity contribution < 1.29 is 23.4 Å². The summed E-state index contributed by atoms with van der Waals surface area (Å²) in [5.41, 5.74) is 0.388. The maximum absolute atomic E-state index is 13.4. The molecule has 1 saturated heterocycles. The van der Waals surface area contributed by atoms with Gasteiger partial charge >= 0.3 is 5.97 Å². The number of hydrogen-bond donors (Lipinski definition) is 2. The number of benzene rings is 2. The number of hydrogen-bond acceptors (Lipinski definition) is 5. The van der Waals surface area contributed by atoms with Gasteiger partial charge < -0.3 is 15.1 Å². The first-order valence-corrected chi connectivity index (χ1v) is 10.5. The molecule has 0 amide bonds. The summed E-state index contributed by atoms with van der Waals surface area (Å²) in [4.78, 5) is 13.3. The summed E-state index contributed by atoms with van der Waals surface area (Å²) in [7, 11) is -3.90. The van der Waals surface area contributed by atoms with Gasteiger partial charge in [0.2, 0.25) is 0 Å². The van der Waals surface area contributed by atoms with Crippen LogP contribution in [0.1, 0.15) is 12.8 Å². The monoisotopic (exact) mass is 400 g/mol. The van der Waals surface area contributed by atoms with E-state index in [1.54, 1.807) is 36.4 Å². The van der Waals surface area contributed by atoms with Crippen molar-refractivity contribution in [1.29, 1.82) is 0 Å². The zero-order chi connectivity index (χ0) is 19.9. The van der Waals surface area contributed by atoms with Crippen molar-refractivity contribution in [3.05, 3.63) is 54.6 Å².